The first kappa shape index (κ1) is 9.84. The van der Waals surface area contributed by atoms with Crippen LogP contribution in [0.5, 0.6) is 5.88 Å². The number of hydrogen-bond acceptors (Lipinski definition) is 3. The van der Waals surface area contributed by atoms with E-state index in [9.17, 15) is 0 Å². The van der Waals surface area contributed by atoms with Crippen molar-refractivity contribution in [2.45, 2.75) is 26.2 Å². The molecule has 1 heterocycles. The summed E-state index contributed by atoms with van der Waals surface area (Å²) in [5.41, 5.74) is 7.66. The predicted octanol–water partition coefficient (Wildman–Crippen LogP) is 2.02. The Morgan fingerprint density at radius 2 is 2.31 bits per heavy atom. The molecule has 1 aromatic rings. The van der Waals surface area contributed by atoms with Crippen LogP contribution in [0.1, 0.15) is 25.3 Å². The van der Waals surface area contributed by atoms with Gasteiger partial charge in [0.2, 0.25) is 5.88 Å². The zero-order valence-corrected chi connectivity index (χ0v) is 8.21. The lowest BCUT2D eigenvalue weighted by Crippen LogP contribution is -1.97. The van der Waals surface area contributed by atoms with Gasteiger partial charge in [-0.1, -0.05) is 13.3 Å². The fourth-order valence-electron chi connectivity index (χ4n) is 1.18. The molecule has 0 unspecified atom stereocenters. The number of nitrogens with two attached hydrogens (primary N) is 1. The molecule has 0 aromatic carbocycles. The highest BCUT2D eigenvalue weighted by atomic mass is 16.5. The summed E-state index contributed by atoms with van der Waals surface area (Å²) < 4.78 is 5.02. The maximum absolute atomic E-state index is 5.77. The van der Waals surface area contributed by atoms with Gasteiger partial charge in [-0.3, -0.25) is 0 Å². The number of methoxy groups -OCH3 is 1. The highest BCUT2D eigenvalue weighted by Crippen LogP contribution is 2.18. The minimum absolute atomic E-state index is 0.639. The minimum Gasteiger partial charge on any atom is -0.481 e. The van der Waals surface area contributed by atoms with Gasteiger partial charge in [0.15, 0.2) is 0 Å². The number of ether oxygens (including phenoxy) is 1. The summed E-state index contributed by atoms with van der Waals surface area (Å²) in [7, 11) is 1.61. The summed E-state index contributed by atoms with van der Waals surface area (Å²) in [5.74, 6) is 0.639. The third-order valence-electron chi connectivity index (χ3n) is 2.01. The number of unbranched alkanes of at least 4 members (excludes halogenated alkanes) is 1. The van der Waals surface area contributed by atoms with E-state index in [2.05, 4.69) is 11.9 Å². The van der Waals surface area contributed by atoms with Crippen molar-refractivity contribution < 1.29 is 4.74 Å². The molecule has 0 saturated heterocycles. The van der Waals surface area contributed by atoms with Gasteiger partial charge in [-0.05, 0) is 18.4 Å². The summed E-state index contributed by atoms with van der Waals surface area (Å²) in [5, 5.41) is 0. The standard InChI is InChI=1S/C10H16N2O/c1-3-4-5-8-6-10(13-2)12-7-9(8)11/h6-7H,3-5,11H2,1-2H3. The molecular weight excluding hydrogens is 164 g/mol. The predicted molar refractivity (Wildman–Crippen MR) is 53.8 cm³/mol. The van der Waals surface area contributed by atoms with Crippen molar-refractivity contribution in [3.8, 4) is 5.88 Å². The van der Waals surface area contributed by atoms with E-state index in [-0.39, 0.29) is 0 Å². The Balaban J connectivity index is 2.78. The maximum Gasteiger partial charge on any atom is 0.213 e. The van der Waals surface area contributed by atoms with E-state index in [4.69, 9.17) is 10.5 Å². The number of anilines is 1. The minimum atomic E-state index is 0.639. The lowest BCUT2D eigenvalue weighted by Gasteiger charge is -2.06. The molecular formula is C10H16N2O. The third kappa shape index (κ3) is 2.61. The molecule has 0 fully saturated rings. The molecule has 3 nitrogen and oxygen atoms in total. The lowest BCUT2D eigenvalue weighted by atomic mass is 10.1. The van der Waals surface area contributed by atoms with Gasteiger partial charge in [0, 0.05) is 6.07 Å². The SMILES string of the molecule is CCCCc1cc(OC)ncc1N. The zero-order valence-electron chi connectivity index (χ0n) is 8.21. The van der Waals surface area contributed by atoms with Crippen LogP contribution in [0.3, 0.4) is 0 Å². The Morgan fingerprint density at radius 1 is 1.54 bits per heavy atom. The number of rotatable bonds is 4. The molecule has 3 heteroatoms. The van der Waals surface area contributed by atoms with Crippen LogP contribution in [-0.4, -0.2) is 12.1 Å². The highest BCUT2D eigenvalue weighted by Gasteiger charge is 2.01. The first-order chi connectivity index (χ1) is 6.27. The molecule has 0 aliphatic carbocycles. The quantitative estimate of drug-likeness (QED) is 0.771. The average molecular weight is 180 g/mol. The Morgan fingerprint density at radius 3 is 2.92 bits per heavy atom. The second-order valence-corrected chi connectivity index (χ2v) is 3.03. The molecule has 0 bridgehead atoms. The van der Waals surface area contributed by atoms with Crippen molar-refractivity contribution in [1.82, 2.24) is 4.98 Å². The second-order valence-electron chi connectivity index (χ2n) is 3.03. The Kier molecular flexibility index (Phi) is 3.55. The number of nitrogen functional groups attached to an aromatic ring is 1. The van der Waals surface area contributed by atoms with Crippen LogP contribution in [0.25, 0.3) is 0 Å². The van der Waals surface area contributed by atoms with Crippen LogP contribution >= 0.6 is 0 Å². The van der Waals surface area contributed by atoms with E-state index in [1.54, 1.807) is 13.3 Å². The number of pyridine rings is 1. The van der Waals surface area contributed by atoms with E-state index in [1.807, 2.05) is 6.07 Å². The monoisotopic (exact) mass is 180 g/mol. The first-order valence-electron chi connectivity index (χ1n) is 4.56. The van der Waals surface area contributed by atoms with Crippen molar-refractivity contribution in [2.75, 3.05) is 12.8 Å². The largest absolute Gasteiger partial charge is 0.481 e. The number of aryl methyl sites for hydroxylation is 1. The van der Waals surface area contributed by atoms with Gasteiger partial charge in [-0.25, -0.2) is 4.98 Å². The van der Waals surface area contributed by atoms with Crippen molar-refractivity contribution >= 4 is 5.69 Å². The molecule has 0 radical (unpaired) electrons. The zero-order chi connectivity index (χ0) is 9.68. The van der Waals surface area contributed by atoms with Gasteiger partial charge in [-0.15, -0.1) is 0 Å². The summed E-state index contributed by atoms with van der Waals surface area (Å²) in [6.07, 6.45) is 4.98. The molecule has 13 heavy (non-hydrogen) atoms. The van der Waals surface area contributed by atoms with Crippen LogP contribution < -0.4 is 10.5 Å². The Hall–Kier alpha value is -1.25. The molecule has 1 rings (SSSR count). The normalized spacial score (nSPS) is 10.0. The molecule has 0 amide bonds. The van der Waals surface area contributed by atoms with E-state index in [0.29, 0.717) is 5.88 Å². The van der Waals surface area contributed by atoms with E-state index >= 15 is 0 Å². The van der Waals surface area contributed by atoms with Crippen LogP contribution in [-0.2, 0) is 6.42 Å². The second kappa shape index (κ2) is 4.70. The van der Waals surface area contributed by atoms with Crippen LogP contribution in [0, 0.1) is 0 Å². The van der Waals surface area contributed by atoms with Crippen molar-refractivity contribution in [3.63, 3.8) is 0 Å². The van der Waals surface area contributed by atoms with Gasteiger partial charge in [-0.2, -0.15) is 0 Å². The van der Waals surface area contributed by atoms with Crippen LogP contribution in [0.4, 0.5) is 5.69 Å². The van der Waals surface area contributed by atoms with Crippen LogP contribution in [0.2, 0.25) is 0 Å². The molecule has 72 valence electrons. The fourth-order valence-corrected chi connectivity index (χ4v) is 1.18. The number of hydrogen-bond donors (Lipinski definition) is 1. The Labute approximate surface area is 78.9 Å². The van der Waals surface area contributed by atoms with Gasteiger partial charge < -0.3 is 10.5 Å². The molecule has 2 N–H and O–H groups in total. The first-order valence-corrected chi connectivity index (χ1v) is 4.56. The van der Waals surface area contributed by atoms with Crippen LogP contribution in [0.15, 0.2) is 12.3 Å². The molecule has 0 aliphatic heterocycles. The van der Waals surface area contributed by atoms with Crippen molar-refractivity contribution in [3.05, 3.63) is 17.8 Å². The Bertz CT molecular complexity index is 274. The molecule has 0 spiro atoms. The smallest absolute Gasteiger partial charge is 0.213 e. The van der Waals surface area contributed by atoms with E-state index in [0.717, 1.165) is 24.1 Å². The van der Waals surface area contributed by atoms with Gasteiger partial charge in [0.25, 0.3) is 0 Å². The molecule has 1 aromatic heterocycles. The van der Waals surface area contributed by atoms with Gasteiger partial charge in [0.05, 0.1) is 19.0 Å². The van der Waals surface area contributed by atoms with E-state index in [1.165, 1.54) is 6.42 Å². The lowest BCUT2D eigenvalue weighted by molar-refractivity contribution is 0.397. The van der Waals surface area contributed by atoms with Crippen molar-refractivity contribution in [1.29, 1.82) is 0 Å². The number of aromatic nitrogens is 1. The topological polar surface area (TPSA) is 48.1 Å². The molecule has 0 saturated carbocycles. The summed E-state index contributed by atoms with van der Waals surface area (Å²) in [4.78, 5) is 4.02. The van der Waals surface area contributed by atoms with Crippen molar-refractivity contribution in [2.24, 2.45) is 0 Å². The number of nitrogens with zero attached hydrogens (tertiary/aromatic N) is 1. The third-order valence-corrected chi connectivity index (χ3v) is 2.01. The summed E-state index contributed by atoms with van der Waals surface area (Å²) >= 11 is 0. The summed E-state index contributed by atoms with van der Waals surface area (Å²) in [6, 6.07) is 1.91. The molecule has 0 aliphatic rings. The summed E-state index contributed by atoms with van der Waals surface area (Å²) in [6.45, 7) is 2.16. The van der Waals surface area contributed by atoms with E-state index < -0.39 is 0 Å². The average Bonchev–Trinajstić information content (AvgIpc) is 2.17. The fraction of sp³-hybridized carbons (Fsp3) is 0.500. The highest BCUT2D eigenvalue weighted by molar-refractivity contribution is 5.46. The van der Waals surface area contributed by atoms with Gasteiger partial charge in [0.1, 0.15) is 0 Å². The maximum atomic E-state index is 5.77. The molecule has 0 atom stereocenters. The van der Waals surface area contributed by atoms with Gasteiger partial charge >= 0.3 is 0 Å².